The number of aromatic nitrogens is 3. The molecule has 1 N–H and O–H groups in total. The molecule has 1 aliphatic rings. The van der Waals surface area contributed by atoms with Gasteiger partial charge in [0, 0.05) is 55.2 Å². The van der Waals surface area contributed by atoms with Gasteiger partial charge in [-0.3, -0.25) is 14.1 Å². The van der Waals surface area contributed by atoms with E-state index in [0.29, 0.717) is 17.3 Å². The molecule has 0 bridgehead atoms. The highest BCUT2D eigenvalue weighted by Gasteiger charge is 2.30. The van der Waals surface area contributed by atoms with Gasteiger partial charge in [0.1, 0.15) is 35.3 Å². The van der Waals surface area contributed by atoms with E-state index in [9.17, 15) is 22.0 Å². The van der Waals surface area contributed by atoms with Gasteiger partial charge in [-0.1, -0.05) is 6.07 Å². The number of anilines is 1. The number of nitrogens with one attached hydrogen (secondary N) is 1. The summed E-state index contributed by atoms with van der Waals surface area (Å²) in [7, 11) is -2.65. The van der Waals surface area contributed by atoms with E-state index >= 15 is 4.39 Å². The van der Waals surface area contributed by atoms with Gasteiger partial charge in [0.05, 0.1) is 12.8 Å². The zero-order valence-corrected chi connectivity index (χ0v) is 20.7. The van der Waals surface area contributed by atoms with Crippen LogP contribution in [0.3, 0.4) is 0 Å². The molecule has 2 aromatic carbocycles. The molecule has 13 heteroatoms. The van der Waals surface area contributed by atoms with Gasteiger partial charge in [-0.2, -0.15) is 12.7 Å². The smallest absolute Gasteiger partial charge is 0.303 e. The van der Waals surface area contributed by atoms with Crippen molar-refractivity contribution in [3.05, 3.63) is 100 Å². The Morgan fingerprint density at radius 2 is 1.79 bits per heavy atom. The third-order valence-electron chi connectivity index (χ3n) is 6.07. The molecule has 0 radical (unpaired) electrons. The molecule has 0 saturated heterocycles. The van der Waals surface area contributed by atoms with Crippen LogP contribution in [0.15, 0.2) is 65.8 Å². The minimum absolute atomic E-state index is 0.0301. The lowest BCUT2D eigenvalue weighted by atomic mass is 10.0. The molecule has 0 atom stereocenters. The van der Waals surface area contributed by atoms with E-state index in [-0.39, 0.29) is 47.9 Å². The first-order chi connectivity index (χ1) is 18.2. The van der Waals surface area contributed by atoms with Crippen molar-refractivity contribution in [3.63, 3.8) is 0 Å². The van der Waals surface area contributed by atoms with Crippen molar-refractivity contribution in [1.82, 2.24) is 18.8 Å². The zero-order valence-electron chi connectivity index (χ0n) is 19.9. The van der Waals surface area contributed by atoms with Gasteiger partial charge in [-0.15, -0.1) is 0 Å². The van der Waals surface area contributed by atoms with Crippen molar-refractivity contribution in [2.24, 2.45) is 0 Å². The molecule has 0 saturated carbocycles. The Morgan fingerprint density at radius 1 is 1.03 bits per heavy atom. The summed E-state index contributed by atoms with van der Waals surface area (Å²) in [5.41, 5.74) is 0.444. The van der Waals surface area contributed by atoms with Gasteiger partial charge in [0.25, 0.3) is 5.56 Å². The van der Waals surface area contributed by atoms with E-state index in [1.165, 1.54) is 52.8 Å². The highest BCUT2D eigenvalue weighted by molar-refractivity contribution is 7.90. The largest absolute Gasteiger partial charge is 0.495 e. The normalized spacial score (nSPS) is 13.7. The summed E-state index contributed by atoms with van der Waals surface area (Å²) < 4.78 is 78.9. The monoisotopic (exact) mass is 543 g/mol. The Labute approximate surface area is 215 Å². The van der Waals surface area contributed by atoms with E-state index in [2.05, 4.69) is 14.7 Å². The highest BCUT2D eigenvalue weighted by Crippen LogP contribution is 2.34. The van der Waals surface area contributed by atoms with E-state index in [1.807, 2.05) is 0 Å². The second-order valence-corrected chi connectivity index (χ2v) is 10.1. The molecule has 3 heterocycles. The number of hydrogen-bond donors (Lipinski definition) is 1. The molecule has 0 aliphatic carbocycles. The van der Waals surface area contributed by atoms with Crippen molar-refractivity contribution in [2.75, 3.05) is 18.4 Å². The summed E-state index contributed by atoms with van der Waals surface area (Å²) >= 11 is 0. The Morgan fingerprint density at radius 3 is 2.47 bits per heavy atom. The van der Waals surface area contributed by atoms with Crippen LogP contribution in [-0.2, 0) is 23.2 Å². The molecule has 1 aliphatic heterocycles. The van der Waals surface area contributed by atoms with Crippen molar-refractivity contribution in [1.29, 1.82) is 0 Å². The van der Waals surface area contributed by atoms with Gasteiger partial charge in [-0.25, -0.2) is 23.1 Å². The van der Waals surface area contributed by atoms with Crippen molar-refractivity contribution >= 4 is 16.0 Å². The minimum atomic E-state index is -3.97. The topological polar surface area (TPSA) is 106 Å². The van der Waals surface area contributed by atoms with Crippen molar-refractivity contribution in [3.8, 4) is 22.6 Å². The fourth-order valence-corrected chi connectivity index (χ4v) is 5.52. The lowest BCUT2D eigenvalue weighted by Crippen LogP contribution is -2.41. The second-order valence-electron chi connectivity index (χ2n) is 8.43. The zero-order chi connectivity index (χ0) is 27.0. The number of nitrogens with zero attached hydrogens (tertiary/aromatic N) is 4. The Bertz CT molecular complexity index is 1680. The average Bonchev–Trinajstić information content (AvgIpc) is 2.88. The molecule has 9 nitrogen and oxygen atoms in total. The molecule has 4 aromatic rings. The van der Waals surface area contributed by atoms with E-state index in [0.717, 1.165) is 18.2 Å². The SMILES string of the molecule is COc1cc(-c2cc(F)cc(F)c2)c(F)cc1-n1c2c(ccc1=O)CN(S(=O)(=O)Nc1ccncn1)CC2. The summed E-state index contributed by atoms with van der Waals surface area (Å²) in [5, 5.41) is 0. The average molecular weight is 544 g/mol. The lowest BCUT2D eigenvalue weighted by Gasteiger charge is -2.30. The van der Waals surface area contributed by atoms with Crippen LogP contribution in [0.25, 0.3) is 16.8 Å². The van der Waals surface area contributed by atoms with E-state index < -0.39 is 33.2 Å². The number of hydrogen-bond acceptors (Lipinski definition) is 6. The maximum absolute atomic E-state index is 15.3. The molecule has 0 spiro atoms. The van der Waals surface area contributed by atoms with Crippen LogP contribution in [0.4, 0.5) is 19.0 Å². The lowest BCUT2D eigenvalue weighted by molar-refractivity contribution is 0.385. The first-order valence-electron chi connectivity index (χ1n) is 11.3. The van der Waals surface area contributed by atoms with Gasteiger partial charge in [-0.05, 0) is 35.4 Å². The van der Waals surface area contributed by atoms with Crippen LogP contribution in [0.5, 0.6) is 5.75 Å². The third-order valence-corrected chi connectivity index (χ3v) is 7.53. The van der Waals surface area contributed by atoms with Crippen LogP contribution >= 0.6 is 0 Å². The third kappa shape index (κ3) is 4.85. The van der Waals surface area contributed by atoms with Crippen LogP contribution in [0, 0.1) is 17.5 Å². The molecule has 38 heavy (non-hydrogen) atoms. The standard InChI is InChI=1S/C25H20F3N5O4S/c1-37-23-11-19(16-8-17(26)10-18(27)9-16)20(28)12-22(23)33-21-5-7-32(13-15(21)2-3-25(33)34)38(35,36)31-24-4-6-29-14-30-24/h2-4,6,8-12,14H,5,7,13H2,1H3,(H,29,30,31). The van der Waals surface area contributed by atoms with Gasteiger partial charge in [0.15, 0.2) is 0 Å². The Balaban J connectivity index is 1.54. The summed E-state index contributed by atoms with van der Waals surface area (Å²) in [4.78, 5) is 20.6. The van der Waals surface area contributed by atoms with E-state index in [1.54, 1.807) is 0 Å². The summed E-state index contributed by atoms with van der Waals surface area (Å²) in [5.74, 6) is -2.38. The maximum atomic E-state index is 15.3. The number of benzene rings is 2. The molecule has 0 fully saturated rings. The van der Waals surface area contributed by atoms with Gasteiger partial charge < -0.3 is 4.74 Å². The molecule has 0 unspecified atom stereocenters. The quantitative estimate of drug-likeness (QED) is 0.400. The molecular weight excluding hydrogens is 523 g/mol. The van der Waals surface area contributed by atoms with Crippen LogP contribution < -0.4 is 15.0 Å². The number of methoxy groups -OCH3 is 1. The molecular formula is C25H20F3N5O4S. The molecule has 2 aromatic heterocycles. The number of fused-ring (bicyclic) bond motifs is 1. The highest BCUT2D eigenvalue weighted by atomic mass is 32.2. The number of pyridine rings is 1. The minimum Gasteiger partial charge on any atom is -0.495 e. The fourth-order valence-electron chi connectivity index (χ4n) is 4.36. The van der Waals surface area contributed by atoms with E-state index in [4.69, 9.17) is 4.74 Å². The fraction of sp³-hybridized carbons (Fsp3) is 0.160. The molecule has 196 valence electrons. The van der Waals surface area contributed by atoms with Crippen LogP contribution in [0.1, 0.15) is 11.3 Å². The predicted octanol–water partition coefficient (Wildman–Crippen LogP) is 3.44. The van der Waals surface area contributed by atoms with Gasteiger partial charge in [0.2, 0.25) is 0 Å². The predicted molar refractivity (Wildman–Crippen MR) is 133 cm³/mol. The Hall–Kier alpha value is -4.23. The van der Waals surface area contributed by atoms with Crippen molar-refractivity contribution in [2.45, 2.75) is 13.0 Å². The first-order valence-corrected chi connectivity index (χ1v) is 12.7. The molecule has 5 rings (SSSR count). The van der Waals surface area contributed by atoms with Crippen molar-refractivity contribution < 1.29 is 26.3 Å². The second kappa shape index (κ2) is 9.91. The molecule has 0 amide bonds. The summed E-state index contributed by atoms with van der Waals surface area (Å²) in [6, 6.07) is 9.15. The van der Waals surface area contributed by atoms with Crippen LogP contribution in [0.2, 0.25) is 0 Å². The van der Waals surface area contributed by atoms with Crippen LogP contribution in [-0.4, -0.2) is 40.9 Å². The van der Waals surface area contributed by atoms with Gasteiger partial charge >= 0.3 is 10.2 Å². The summed E-state index contributed by atoms with van der Waals surface area (Å²) in [6.07, 6.45) is 2.75. The maximum Gasteiger partial charge on any atom is 0.303 e. The number of ether oxygens (including phenoxy) is 1. The number of rotatable bonds is 6. The number of halogens is 3. The first kappa shape index (κ1) is 25.4. The Kier molecular flexibility index (Phi) is 6.63. The summed E-state index contributed by atoms with van der Waals surface area (Å²) in [6.45, 7) is -0.0240.